The highest BCUT2D eigenvalue weighted by Crippen LogP contribution is 2.24. The molecule has 0 saturated carbocycles. The molecule has 1 N–H and O–H groups in total. The van der Waals surface area contributed by atoms with Gasteiger partial charge in [0, 0.05) is 40.1 Å². The smallest absolute Gasteiger partial charge is 0.129 e. The minimum Gasteiger partial charge on any atom is -0.489 e. The third kappa shape index (κ3) is 4.79. The fourth-order valence-corrected chi connectivity index (χ4v) is 3.00. The molecule has 0 radical (unpaired) electrons. The topological polar surface area (TPSA) is 21.3 Å². The molecule has 0 spiro atoms. The normalized spacial score (nSPS) is 10.9. The quantitative estimate of drug-likeness (QED) is 0.765. The van der Waals surface area contributed by atoms with E-state index < -0.39 is 11.6 Å². The number of aryl methyl sites for hydroxylation is 1. The van der Waals surface area contributed by atoms with Gasteiger partial charge in [0.1, 0.15) is 24.0 Å². The first kappa shape index (κ1) is 15.9. The van der Waals surface area contributed by atoms with Gasteiger partial charge in [0.2, 0.25) is 0 Å². The van der Waals surface area contributed by atoms with Crippen LogP contribution in [0.3, 0.4) is 0 Å². The maximum atomic E-state index is 13.1. The number of halogens is 2. The van der Waals surface area contributed by atoms with Gasteiger partial charge in [-0.3, -0.25) is 0 Å². The Morgan fingerprint density at radius 1 is 1.14 bits per heavy atom. The van der Waals surface area contributed by atoms with Crippen LogP contribution in [0.2, 0.25) is 0 Å². The summed E-state index contributed by atoms with van der Waals surface area (Å²) in [5, 5.41) is 3.35. The second-order valence-electron chi connectivity index (χ2n) is 4.86. The van der Waals surface area contributed by atoms with Crippen LogP contribution >= 0.6 is 11.3 Å². The summed E-state index contributed by atoms with van der Waals surface area (Å²) in [5.74, 6) is -1.04. The van der Waals surface area contributed by atoms with E-state index in [1.54, 1.807) is 11.3 Å². The van der Waals surface area contributed by atoms with E-state index in [-0.39, 0.29) is 5.75 Å². The Kier molecular flexibility index (Phi) is 5.70. The summed E-state index contributed by atoms with van der Waals surface area (Å²) in [4.78, 5) is 2.41. The summed E-state index contributed by atoms with van der Waals surface area (Å²) >= 11 is 1.72. The number of rotatable bonds is 7. The summed E-state index contributed by atoms with van der Waals surface area (Å²) in [6.45, 7) is 6.31. The first-order valence-corrected chi connectivity index (χ1v) is 7.78. The van der Waals surface area contributed by atoms with Crippen LogP contribution in [0.15, 0.2) is 24.3 Å². The van der Waals surface area contributed by atoms with E-state index in [0.29, 0.717) is 6.61 Å². The first-order valence-electron chi connectivity index (χ1n) is 6.96. The van der Waals surface area contributed by atoms with E-state index in [2.05, 4.69) is 18.3 Å². The van der Waals surface area contributed by atoms with E-state index in [1.165, 1.54) is 21.9 Å². The molecule has 2 nitrogen and oxygen atoms in total. The minimum absolute atomic E-state index is 0.212. The zero-order valence-electron chi connectivity index (χ0n) is 12.2. The van der Waals surface area contributed by atoms with E-state index in [1.807, 2.05) is 6.92 Å². The minimum atomic E-state index is -0.628. The van der Waals surface area contributed by atoms with E-state index >= 15 is 0 Å². The molecule has 0 fully saturated rings. The summed E-state index contributed by atoms with van der Waals surface area (Å²) in [6, 6.07) is 5.29. The molecule has 0 aliphatic carbocycles. The van der Waals surface area contributed by atoms with Gasteiger partial charge < -0.3 is 10.1 Å². The predicted octanol–water partition coefficient (Wildman–Crippen LogP) is 4.41. The lowest BCUT2D eigenvalue weighted by Gasteiger charge is -2.06. The van der Waals surface area contributed by atoms with Crippen molar-refractivity contribution in [3.8, 4) is 5.75 Å². The van der Waals surface area contributed by atoms with Gasteiger partial charge in [0.15, 0.2) is 0 Å². The molecule has 0 saturated heterocycles. The van der Waals surface area contributed by atoms with Crippen LogP contribution in [-0.2, 0) is 13.2 Å². The lowest BCUT2D eigenvalue weighted by atomic mass is 10.2. The molecule has 1 aromatic heterocycles. The van der Waals surface area contributed by atoms with Gasteiger partial charge in [-0.2, -0.15) is 0 Å². The van der Waals surface area contributed by atoms with Gasteiger partial charge in [-0.1, -0.05) is 6.92 Å². The van der Waals surface area contributed by atoms with Crippen molar-refractivity contribution < 1.29 is 13.5 Å². The largest absolute Gasteiger partial charge is 0.489 e. The van der Waals surface area contributed by atoms with Gasteiger partial charge in [0.05, 0.1) is 0 Å². The second-order valence-corrected chi connectivity index (χ2v) is 6.21. The highest BCUT2D eigenvalue weighted by molar-refractivity contribution is 7.12. The lowest BCUT2D eigenvalue weighted by molar-refractivity contribution is 0.302. The van der Waals surface area contributed by atoms with Crippen molar-refractivity contribution in [1.82, 2.24) is 5.32 Å². The standard InChI is InChI=1S/C16H19F2NOS/c1-3-4-19-9-16-5-12(11(2)21-16)10-20-15-7-13(17)6-14(18)8-15/h5-8,19H,3-4,9-10H2,1-2H3. The molecule has 114 valence electrons. The summed E-state index contributed by atoms with van der Waals surface area (Å²) < 4.78 is 31.6. The Labute approximate surface area is 127 Å². The number of hydrogen-bond donors (Lipinski definition) is 1. The van der Waals surface area contributed by atoms with Crippen LogP contribution < -0.4 is 10.1 Å². The Balaban J connectivity index is 1.96. The lowest BCUT2D eigenvalue weighted by Crippen LogP contribution is -2.12. The number of hydrogen-bond acceptors (Lipinski definition) is 3. The molecule has 2 aromatic rings. The molecule has 1 aromatic carbocycles. The van der Waals surface area contributed by atoms with Crippen LogP contribution in [0, 0.1) is 18.6 Å². The molecule has 0 atom stereocenters. The molecule has 0 amide bonds. The third-order valence-corrected chi connectivity index (χ3v) is 4.12. The van der Waals surface area contributed by atoms with Crippen LogP contribution in [-0.4, -0.2) is 6.54 Å². The Hall–Kier alpha value is -1.46. The predicted molar refractivity (Wildman–Crippen MR) is 81.7 cm³/mol. The average molecular weight is 311 g/mol. The summed E-state index contributed by atoms with van der Waals surface area (Å²) in [6.07, 6.45) is 1.10. The van der Waals surface area contributed by atoms with Crippen LogP contribution in [0.25, 0.3) is 0 Å². The molecule has 0 aliphatic heterocycles. The average Bonchev–Trinajstić information content (AvgIpc) is 2.76. The molecular weight excluding hydrogens is 292 g/mol. The van der Waals surface area contributed by atoms with Crippen molar-refractivity contribution in [3.63, 3.8) is 0 Å². The Morgan fingerprint density at radius 3 is 2.52 bits per heavy atom. The van der Waals surface area contributed by atoms with Crippen molar-refractivity contribution in [2.45, 2.75) is 33.4 Å². The zero-order valence-corrected chi connectivity index (χ0v) is 13.0. The van der Waals surface area contributed by atoms with Crippen LogP contribution in [0.5, 0.6) is 5.75 Å². The summed E-state index contributed by atoms with van der Waals surface area (Å²) in [7, 11) is 0. The molecule has 5 heteroatoms. The Morgan fingerprint density at radius 2 is 1.86 bits per heavy atom. The molecule has 2 rings (SSSR count). The molecule has 0 bridgehead atoms. The van der Waals surface area contributed by atoms with Gasteiger partial charge in [-0.05, 0) is 26.0 Å². The van der Waals surface area contributed by atoms with Gasteiger partial charge in [-0.25, -0.2) is 8.78 Å². The van der Waals surface area contributed by atoms with E-state index in [4.69, 9.17) is 4.74 Å². The maximum Gasteiger partial charge on any atom is 0.129 e. The van der Waals surface area contributed by atoms with Crippen LogP contribution in [0.1, 0.15) is 28.7 Å². The van der Waals surface area contributed by atoms with Crippen molar-refractivity contribution >= 4 is 11.3 Å². The number of thiophene rings is 1. The number of ether oxygens (including phenoxy) is 1. The molecule has 0 unspecified atom stereocenters. The van der Waals surface area contributed by atoms with Gasteiger partial charge in [0.25, 0.3) is 0 Å². The zero-order chi connectivity index (χ0) is 15.2. The number of benzene rings is 1. The highest BCUT2D eigenvalue weighted by atomic mass is 32.1. The second kappa shape index (κ2) is 7.52. The number of nitrogens with one attached hydrogen (secondary N) is 1. The van der Waals surface area contributed by atoms with E-state index in [0.717, 1.165) is 31.1 Å². The maximum absolute atomic E-state index is 13.1. The third-order valence-electron chi connectivity index (χ3n) is 3.03. The Bertz CT molecular complexity index is 578. The highest BCUT2D eigenvalue weighted by Gasteiger charge is 2.07. The monoisotopic (exact) mass is 311 g/mol. The fourth-order valence-electron chi connectivity index (χ4n) is 1.98. The molecule has 0 aliphatic rings. The van der Waals surface area contributed by atoms with Crippen LogP contribution in [0.4, 0.5) is 8.78 Å². The van der Waals surface area contributed by atoms with Crippen molar-refractivity contribution in [2.75, 3.05) is 6.54 Å². The molecular formula is C16H19F2NOS. The van der Waals surface area contributed by atoms with E-state index in [9.17, 15) is 8.78 Å². The van der Waals surface area contributed by atoms with Crippen molar-refractivity contribution in [2.24, 2.45) is 0 Å². The molecule has 1 heterocycles. The SMILES string of the molecule is CCCNCc1cc(COc2cc(F)cc(F)c2)c(C)s1. The first-order chi connectivity index (χ1) is 10.1. The molecule has 21 heavy (non-hydrogen) atoms. The van der Waals surface area contributed by atoms with Crippen molar-refractivity contribution in [1.29, 1.82) is 0 Å². The summed E-state index contributed by atoms with van der Waals surface area (Å²) in [5.41, 5.74) is 1.05. The van der Waals surface area contributed by atoms with Gasteiger partial charge >= 0.3 is 0 Å². The fraction of sp³-hybridized carbons (Fsp3) is 0.375. The van der Waals surface area contributed by atoms with Gasteiger partial charge in [-0.15, -0.1) is 11.3 Å². The van der Waals surface area contributed by atoms with Crippen molar-refractivity contribution in [3.05, 3.63) is 51.2 Å².